The van der Waals surface area contributed by atoms with Crippen molar-refractivity contribution in [3.8, 4) is 11.5 Å². The summed E-state index contributed by atoms with van der Waals surface area (Å²) in [6.07, 6.45) is -7.91. The van der Waals surface area contributed by atoms with Crippen LogP contribution in [-0.2, 0) is 18.9 Å². The first-order valence-electron chi connectivity index (χ1n) is 11.4. The largest absolute Gasteiger partial charge is 0.504 e. The summed E-state index contributed by atoms with van der Waals surface area (Å²) in [5.74, 6) is -3.03. The van der Waals surface area contributed by atoms with Gasteiger partial charge < -0.3 is 59.4 Å². The number of carbonyl (C=O) groups is 1. The Morgan fingerprint density at radius 1 is 1.14 bits per heavy atom. The summed E-state index contributed by atoms with van der Waals surface area (Å²) in [5.41, 5.74) is -2.13. The van der Waals surface area contributed by atoms with Crippen molar-refractivity contribution in [1.82, 2.24) is 0 Å². The van der Waals surface area contributed by atoms with Crippen molar-refractivity contribution >= 4 is 17.6 Å². The number of aromatic hydroxyl groups is 1. The number of phenols is 1. The summed E-state index contributed by atoms with van der Waals surface area (Å²) in [6.45, 7) is -1.57. The standard InChI is InChI=1S/C23H29ClO13/c1-33-12-3-2-9(6-11(12)27)20(31)36-18-10-4-5-34-21(14(10)23(32,8-26)19(18)24)37-22-17(30)16(29)15(28)13(7-25)35-22/h2-6,10,13-19,21-22,25-30,32H,7-8H2,1H3. The number of rotatable bonds is 7. The fourth-order valence-electron chi connectivity index (χ4n) is 4.91. The molecule has 1 aromatic rings. The molecule has 0 spiro atoms. The quantitative estimate of drug-likeness (QED) is 0.148. The zero-order valence-corrected chi connectivity index (χ0v) is 20.3. The molecule has 3 aliphatic rings. The van der Waals surface area contributed by atoms with Crippen LogP contribution in [0, 0.1) is 11.8 Å². The summed E-state index contributed by atoms with van der Waals surface area (Å²) >= 11 is 6.51. The first-order valence-corrected chi connectivity index (χ1v) is 11.8. The molecule has 0 aromatic heterocycles. The van der Waals surface area contributed by atoms with Gasteiger partial charge in [0.2, 0.25) is 6.29 Å². The average molecular weight is 549 g/mol. The Bertz CT molecular complexity index is 1000. The van der Waals surface area contributed by atoms with Crippen LogP contribution in [0.3, 0.4) is 0 Å². The molecule has 14 heteroatoms. The zero-order valence-electron chi connectivity index (χ0n) is 19.5. The Hall–Kier alpha value is -2.20. The number of fused-ring (bicyclic) bond motifs is 1. The fourth-order valence-corrected chi connectivity index (χ4v) is 5.35. The maximum absolute atomic E-state index is 12.9. The number of esters is 1. The van der Waals surface area contributed by atoms with Gasteiger partial charge in [0, 0.05) is 5.92 Å². The summed E-state index contributed by atoms with van der Waals surface area (Å²) < 4.78 is 27.1. The minimum absolute atomic E-state index is 0.0247. The highest BCUT2D eigenvalue weighted by molar-refractivity contribution is 6.22. The minimum atomic E-state index is -2.11. The van der Waals surface area contributed by atoms with Crippen LogP contribution in [0.15, 0.2) is 30.5 Å². The minimum Gasteiger partial charge on any atom is -0.504 e. The van der Waals surface area contributed by atoms with E-state index in [-0.39, 0.29) is 17.1 Å². The van der Waals surface area contributed by atoms with Crippen LogP contribution in [0.25, 0.3) is 0 Å². The lowest BCUT2D eigenvalue weighted by atomic mass is 9.84. The number of methoxy groups -OCH3 is 1. The zero-order chi connectivity index (χ0) is 27.1. The van der Waals surface area contributed by atoms with Gasteiger partial charge in [-0.3, -0.25) is 0 Å². The molecule has 11 atom stereocenters. The Morgan fingerprint density at radius 2 is 1.86 bits per heavy atom. The third-order valence-electron chi connectivity index (χ3n) is 6.97. The molecule has 0 bridgehead atoms. The van der Waals surface area contributed by atoms with Gasteiger partial charge >= 0.3 is 5.97 Å². The molecule has 11 unspecified atom stereocenters. The predicted octanol–water partition coefficient (Wildman–Crippen LogP) is -1.81. The van der Waals surface area contributed by atoms with Crippen molar-refractivity contribution in [2.24, 2.45) is 11.8 Å². The van der Waals surface area contributed by atoms with Crippen molar-refractivity contribution in [2.75, 3.05) is 20.3 Å². The van der Waals surface area contributed by atoms with Crippen LogP contribution >= 0.6 is 11.6 Å². The first-order chi connectivity index (χ1) is 17.6. The van der Waals surface area contributed by atoms with Gasteiger partial charge in [0.15, 0.2) is 17.8 Å². The van der Waals surface area contributed by atoms with Gasteiger partial charge in [0.1, 0.15) is 41.5 Å². The van der Waals surface area contributed by atoms with Crippen LogP contribution in [0.5, 0.6) is 11.5 Å². The van der Waals surface area contributed by atoms with Crippen LogP contribution in [-0.4, -0.2) is 116 Å². The van der Waals surface area contributed by atoms with Crippen LogP contribution in [0.2, 0.25) is 0 Å². The van der Waals surface area contributed by atoms with Gasteiger partial charge in [0.05, 0.1) is 38.1 Å². The fraction of sp³-hybridized carbons (Fsp3) is 0.609. The second-order valence-electron chi connectivity index (χ2n) is 9.08. The third kappa shape index (κ3) is 4.87. The van der Waals surface area contributed by atoms with E-state index in [2.05, 4.69) is 0 Å². The second kappa shape index (κ2) is 10.9. The van der Waals surface area contributed by atoms with E-state index in [9.17, 15) is 40.5 Å². The van der Waals surface area contributed by atoms with Crippen LogP contribution in [0.1, 0.15) is 10.4 Å². The van der Waals surface area contributed by atoms with E-state index in [4.69, 9.17) is 35.3 Å². The van der Waals surface area contributed by atoms with Gasteiger partial charge in [0.25, 0.3) is 0 Å². The van der Waals surface area contributed by atoms with Gasteiger partial charge in [-0.15, -0.1) is 11.6 Å². The van der Waals surface area contributed by atoms with Gasteiger partial charge in [-0.25, -0.2) is 4.79 Å². The molecule has 7 N–H and O–H groups in total. The maximum Gasteiger partial charge on any atom is 0.338 e. The normalized spacial score (nSPS) is 41.1. The molecule has 1 saturated carbocycles. The number of ether oxygens (including phenoxy) is 5. The molecule has 1 aliphatic carbocycles. The third-order valence-corrected chi connectivity index (χ3v) is 7.60. The molecule has 2 fully saturated rings. The van der Waals surface area contributed by atoms with Crippen LogP contribution in [0.4, 0.5) is 0 Å². The van der Waals surface area contributed by atoms with E-state index in [1.807, 2.05) is 0 Å². The highest BCUT2D eigenvalue weighted by Crippen LogP contribution is 2.50. The van der Waals surface area contributed by atoms with E-state index in [0.29, 0.717) is 0 Å². The number of aliphatic hydroxyl groups is 6. The molecular weight excluding hydrogens is 520 g/mol. The van der Waals surface area contributed by atoms with E-state index in [0.717, 1.165) is 6.07 Å². The molecular formula is C23H29ClO13. The van der Waals surface area contributed by atoms with Crippen molar-refractivity contribution in [2.45, 2.75) is 54.1 Å². The number of alkyl halides is 1. The smallest absolute Gasteiger partial charge is 0.338 e. The molecule has 0 radical (unpaired) electrons. The number of aliphatic hydroxyl groups excluding tert-OH is 5. The van der Waals surface area contributed by atoms with Gasteiger partial charge in [-0.1, -0.05) is 0 Å². The van der Waals surface area contributed by atoms with Crippen molar-refractivity contribution < 1.29 is 64.2 Å². The summed E-state index contributed by atoms with van der Waals surface area (Å²) in [7, 11) is 1.35. The highest BCUT2D eigenvalue weighted by Gasteiger charge is 2.65. The molecule has 0 amide bonds. The lowest BCUT2D eigenvalue weighted by molar-refractivity contribution is -0.347. The predicted molar refractivity (Wildman–Crippen MR) is 121 cm³/mol. The van der Waals surface area contributed by atoms with E-state index >= 15 is 0 Å². The molecule has 1 aromatic carbocycles. The maximum atomic E-state index is 12.9. The molecule has 37 heavy (non-hydrogen) atoms. The number of phenolic OH excluding ortho intramolecular Hbond substituents is 1. The average Bonchev–Trinajstić information content (AvgIpc) is 3.11. The number of carbonyl (C=O) groups excluding carboxylic acids is 1. The molecule has 1 saturated heterocycles. The lowest BCUT2D eigenvalue weighted by Gasteiger charge is -2.43. The number of benzene rings is 1. The summed E-state index contributed by atoms with van der Waals surface area (Å²) in [6, 6.07) is 3.86. The Kier molecular flexibility index (Phi) is 8.19. The van der Waals surface area contributed by atoms with Crippen molar-refractivity contribution in [3.05, 3.63) is 36.1 Å². The molecule has 2 heterocycles. The number of halogens is 1. The lowest BCUT2D eigenvalue weighted by Crippen LogP contribution is -2.61. The highest BCUT2D eigenvalue weighted by atomic mass is 35.5. The Balaban J connectivity index is 1.57. The van der Waals surface area contributed by atoms with Gasteiger partial charge in [-0.05, 0) is 24.3 Å². The Labute approximate surface area is 216 Å². The summed E-state index contributed by atoms with van der Waals surface area (Å²) in [4.78, 5) is 12.9. The first kappa shape index (κ1) is 27.8. The van der Waals surface area contributed by atoms with Crippen molar-refractivity contribution in [3.63, 3.8) is 0 Å². The van der Waals surface area contributed by atoms with Gasteiger partial charge in [-0.2, -0.15) is 0 Å². The summed E-state index contributed by atoms with van der Waals surface area (Å²) in [5, 5.41) is 69.9. The van der Waals surface area contributed by atoms with E-state index < -0.39 is 85.1 Å². The second-order valence-corrected chi connectivity index (χ2v) is 9.55. The molecule has 2 aliphatic heterocycles. The molecule has 4 rings (SSSR count). The monoisotopic (exact) mass is 548 g/mol. The van der Waals surface area contributed by atoms with E-state index in [1.54, 1.807) is 0 Å². The molecule has 206 valence electrons. The Morgan fingerprint density at radius 3 is 2.49 bits per heavy atom. The topological polar surface area (TPSA) is 205 Å². The SMILES string of the molecule is COc1ccc(C(=O)OC2C3C=COC(OC4OC(CO)C(O)C(O)C4O)C3C(O)(CO)C2Cl)cc1O. The number of hydrogen-bond acceptors (Lipinski definition) is 13. The number of hydrogen-bond donors (Lipinski definition) is 7. The van der Waals surface area contributed by atoms with Crippen LogP contribution < -0.4 is 4.74 Å². The molecule has 13 nitrogen and oxygen atoms in total. The van der Waals surface area contributed by atoms with E-state index in [1.165, 1.54) is 31.6 Å². The van der Waals surface area contributed by atoms with Crippen molar-refractivity contribution in [1.29, 1.82) is 0 Å².